The second kappa shape index (κ2) is 5.44. The monoisotopic (exact) mass is 375 g/mol. The quantitative estimate of drug-likeness (QED) is 0.357. The van der Waals surface area contributed by atoms with Crippen LogP contribution in [0.25, 0.3) is 0 Å². The fourth-order valence-electron chi connectivity index (χ4n) is 5.45. The summed E-state index contributed by atoms with van der Waals surface area (Å²) in [6.07, 6.45) is 6.82. The predicted octanol–water partition coefficient (Wildman–Crippen LogP) is 3.06. The largest absolute Gasteiger partial charge is 0.457 e. The molecule has 2 amide bonds. The van der Waals surface area contributed by atoms with Crippen LogP contribution in [0.15, 0.2) is 59.2 Å². The van der Waals surface area contributed by atoms with Crippen LogP contribution in [-0.4, -0.2) is 17.8 Å². The number of carbonyl (C=O) groups is 3. The number of hydrogen-bond acceptors (Lipinski definition) is 5. The molecular weight excluding hydrogens is 358 g/mol. The van der Waals surface area contributed by atoms with Crippen molar-refractivity contribution in [3.8, 4) is 5.75 Å². The Balaban J connectivity index is 1.30. The Morgan fingerprint density at radius 1 is 1.00 bits per heavy atom. The third-order valence-electron chi connectivity index (χ3n) is 6.67. The Kier molecular flexibility index (Phi) is 3.08. The van der Waals surface area contributed by atoms with Gasteiger partial charge in [0.1, 0.15) is 5.75 Å². The number of nitrogens with zero attached hydrogens (tertiary/aromatic N) is 1. The van der Waals surface area contributed by atoms with Gasteiger partial charge in [-0.15, -0.1) is 0 Å². The van der Waals surface area contributed by atoms with Gasteiger partial charge in [0.15, 0.2) is 0 Å². The van der Waals surface area contributed by atoms with Crippen molar-refractivity contribution in [3.05, 3.63) is 60.6 Å². The first kappa shape index (κ1) is 15.9. The molecule has 1 aliphatic heterocycles. The Labute approximate surface area is 160 Å². The van der Waals surface area contributed by atoms with Gasteiger partial charge in [-0.2, -0.15) is 0 Å². The summed E-state index contributed by atoms with van der Waals surface area (Å²) >= 11 is 0. The van der Waals surface area contributed by atoms with Gasteiger partial charge in [0.05, 0.1) is 23.8 Å². The maximum atomic E-state index is 13.2. The van der Waals surface area contributed by atoms with E-state index in [-0.39, 0.29) is 47.0 Å². The van der Waals surface area contributed by atoms with Crippen LogP contribution in [0.4, 0.5) is 5.69 Å². The standard InChI is InChI=1S/C22H17NO5/c24-20-18-13-6-7-14(16-10-15(13)16)19(18)21(25)23(20)11-3-1-4-12(9-11)28-22(26)17-5-2-8-27-17/h1-9,13-16,18-19H,10H2/t13-,14-,15-,16-,18-,19+/m1/s1. The van der Waals surface area contributed by atoms with Crippen LogP contribution in [-0.2, 0) is 9.59 Å². The number of esters is 1. The lowest BCUT2D eigenvalue weighted by Gasteiger charge is -2.37. The first-order valence-electron chi connectivity index (χ1n) is 9.55. The fourth-order valence-corrected chi connectivity index (χ4v) is 5.45. The molecule has 5 aliphatic rings. The van der Waals surface area contributed by atoms with Crippen LogP contribution in [0.1, 0.15) is 17.0 Å². The third kappa shape index (κ3) is 2.06. The summed E-state index contributed by atoms with van der Waals surface area (Å²) in [4.78, 5) is 39.7. The summed E-state index contributed by atoms with van der Waals surface area (Å²) in [6.45, 7) is 0. The molecule has 2 saturated carbocycles. The molecule has 1 aromatic heterocycles. The number of anilines is 1. The maximum Gasteiger partial charge on any atom is 0.379 e. The van der Waals surface area contributed by atoms with Gasteiger partial charge in [-0.3, -0.25) is 9.59 Å². The molecule has 4 aliphatic carbocycles. The molecule has 0 radical (unpaired) electrons. The van der Waals surface area contributed by atoms with E-state index in [9.17, 15) is 14.4 Å². The molecule has 140 valence electrons. The molecular formula is C22H17NO5. The number of benzene rings is 1. The number of ether oxygens (including phenoxy) is 1. The number of amides is 2. The zero-order valence-electron chi connectivity index (χ0n) is 14.9. The van der Waals surface area contributed by atoms with E-state index < -0.39 is 5.97 Å². The minimum Gasteiger partial charge on any atom is -0.457 e. The van der Waals surface area contributed by atoms with Gasteiger partial charge in [0.2, 0.25) is 17.6 Å². The lowest BCUT2D eigenvalue weighted by atomic mass is 9.63. The zero-order valence-corrected chi connectivity index (χ0v) is 14.9. The average Bonchev–Trinajstić information content (AvgIpc) is 3.26. The minimum absolute atomic E-state index is 0.0895. The lowest BCUT2D eigenvalue weighted by molar-refractivity contribution is -0.124. The van der Waals surface area contributed by atoms with Gasteiger partial charge in [-0.1, -0.05) is 18.2 Å². The SMILES string of the molecule is O=C(Oc1cccc(N2C(=O)[C@@H]3[C@@H]4C=C[C@H]([C@H]5C[C@H]45)[C@@H]3C2=O)c1)c1ccco1. The molecule has 1 saturated heterocycles. The Morgan fingerprint density at radius 2 is 1.71 bits per heavy atom. The summed E-state index contributed by atoms with van der Waals surface area (Å²) in [5.74, 6) is 0.455. The van der Waals surface area contributed by atoms with Gasteiger partial charge < -0.3 is 9.15 Å². The number of imide groups is 1. The van der Waals surface area contributed by atoms with Gasteiger partial charge in [-0.05, 0) is 54.4 Å². The molecule has 1 aromatic carbocycles. The second-order valence-electron chi connectivity index (χ2n) is 8.03. The van der Waals surface area contributed by atoms with Gasteiger partial charge in [-0.25, -0.2) is 9.69 Å². The molecule has 3 fully saturated rings. The highest BCUT2D eigenvalue weighted by atomic mass is 16.5. The smallest absolute Gasteiger partial charge is 0.379 e. The lowest BCUT2D eigenvalue weighted by Crippen LogP contribution is -2.40. The molecule has 2 bridgehead atoms. The van der Waals surface area contributed by atoms with Crippen LogP contribution in [0.2, 0.25) is 0 Å². The van der Waals surface area contributed by atoms with Crippen molar-refractivity contribution in [2.45, 2.75) is 6.42 Å². The van der Waals surface area contributed by atoms with E-state index in [1.54, 1.807) is 30.3 Å². The summed E-state index contributed by atoms with van der Waals surface area (Å²) in [5.41, 5.74) is 0.446. The van der Waals surface area contributed by atoms with Crippen molar-refractivity contribution in [2.75, 3.05) is 4.90 Å². The van der Waals surface area contributed by atoms with Crippen LogP contribution in [0, 0.1) is 35.5 Å². The number of furan rings is 1. The molecule has 0 N–H and O–H groups in total. The Morgan fingerprint density at radius 3 is 2.36 bits per heavy atom. The van der Waals surface area contributed by atoms with Crippen molar-refractivity contribution in [2.24, 2.45) is 35.5 Å². The number of hydrogen-bond donors (Lipinski definition) is 0. The van der Waals surface area contributed by atoms with Gasteiger partial charge in [0.25, 0.3) is 0 Å². The summed E-state index contributed by atoms with van der Waals surface area (Å²) in [5, 5.41) is 0. The van der Waals surface area contributed by atoms with E-state index in [4.69, 9.17) is 9.15 Å². The fraction of sp³-hybridized carbons (Fsp3) is 0.318. The molecule has 2 heterocycles. The summed E-state index contributed by atoms with van der Waals surface area (Å²) in [6, 6.07) is 9.66. The number of rotatable bonds is 3. The van der Waals surface area contributed by atoms with Gasteiger partial charge in [0, 0.05) is 6.07 Å². The molecule has 2 aromatic rings. The molecule has 0 unspecified atom stereocenters. The van der Waals surface area contributed by atoms with Crippen molar-refractivity contribution in [1.29, 1.82) is 0 Å². The van der Waals surface area contributed by atoms with Crippen LogP contribution in [0.3, 0.4) is 0 Å². The molecule has 6 nitrogen and oxygen atoms in total. The topological polar surface area (TPSA) is 76.8 Å². The van der Waals surface area contributed by atoms with Crippen molar-refractivity contribution < 1.29 is 23.5 Å². The summed E-state index contributed by atoms with van der Waals surface area (Å²) < 4.78 is 10.4. The van der Waals surface area contributed by atoms with E-state index >= 15 is 0 Å². The highest BCUT2D eigenvalue weighted by Gasteiger charge is 2.67. The predicted molar refractivity (Wildman–Crippen MR) is 97.3 cm³/mol. The van der Waals surface area contributed by atoms with E-state index in [0.717, 1.165) is 6.42 Å². The van der Waals surface area contributed by atoms with Crippen LogP contribution in [0.5, 0.6) is 5.75 Å². The third-order valence-corrected chi connectivity index (χ3v) is 6.67. The Hall–Kier alpha value is -3.15. The number of allylic oxidation sites excluding steroid dienone is 2. The first-order chi connectivity index (χ1) is 13.6. The van der Waals surface area contributed by atoms with Crippen LogP contribution < -0.4 is 9.64 Å². The van der Waals surface area contributed by atoms with E-state index in [1.165, 1.54) is 17.2 Å². The van der Waals surface area contributed by atoms with Crippen molar-refractivity contribution in [3.63, 3.8) is 0 Å². The Bertz CT molecular complexity index is 1000. The highest BCUT2D eigenvalue weighted by molar-refractivity contribution is 6.22. The normalized spacial score (nSPS) is 34.4. The second-order valence-corrected chi connectivity index (χ2v) is 8.03. The van der Waals surface area contributed by atoms with E-state index in [2.05, 4.69) is 12.2 Å². The molecule has 0 spiro atoms. The number of carbonyl (C=O) groups excluding carboxylic acids is 3. The van der Waals surface area contributed by atoms with Crippen LogP contribution >= 0.6 is 0 Å². The van der Waals surface area contributed by atoms with Crippen molar-refractivity contribution >= 4 is 23.5 Å². The van der Waals surface area contributed by atoms with E-state index in [1.807, 2.05) is 0 Å². The first-order valence-corrected chi connectivity index (χ1v) is 9.55. The van der Waals surface area contributed by atoms with Crippen molar-refractivity contribution in [1.82, 2.24) is 0 Å². The maximum absolute atomic E-state index is 13.2. The molecule has 7 rings (SSSR count). The average molecular weight is 375 g/mol. The summed E-state index contributed by atoms with van der Waals surface area (Å²) in [7, 11) is 0. The zero-order chi connectivity index (χ0) is 19.0. The molecule has 6 heteroatoms. The molecule has 28 heavy (non-hydrogen) atoms. The van der Waals surface area contributed by atoms with E-state index in [0.29, 0.717) is 17.5 Å². The highest BCUT2D eigenvalue weighted by Crippen LogP contribution is 2.65. The minimum atomic E-state index is -0.628. The van der Waals surface area contributed by atoms with Gasteiger partial charge >= 0.3 is 5.97 Å². The molecule has 6 atom stereocenters.